The maximum absolute atomic E-state index is 12.9. The molecule has 6 heteroatoms. The van der Waals surface area contributed by atoms with Gasteiger partial charge in [0.05, 0.1) is 25.5 Å². The van der Waals surface area contributed by atoms with E-state index in [1.54, 1.807) is 14.2 Å². The molecule has 0 aliphatic heterocycles. The highest BCUT2D eigenvalue weighted by molar-refractivity contribution is 6.02. The first-order valence-corrected chi connectivity index (χ1v) is 9.83. The number of ether oxygens (including phenoxy) is 2. The third kappa shape index (κ3) is 4.22. The van der Waals surface area contributed by atoms with E-state index in [2.05, 4.69) is 15.1 Å². The highest BCUT2D eigenvalue weighted by Crippen LogP contribution is 2.28. The van der Waals surface area contributed by atoms with Gasteiger partial charge < -0.3 is 14.0 Å². The fraction of sp³-hybridized carbons (Fsp3) is 0.250. The topological polar surface area (TPSA) is 64.9 Å². The van der Waals surface area contributed by atoms with E-state index in [0.717, 1.165) is 28.4 Å². The first kappa shape index (κ1) is 21.2. The van der Waals surface area contributed by atoms with Crippen molar-refractivity contribution in [2.75, 3.05) is 14.2 Å². The van der Waals surface area contributed by atoms with Crippen LogP contribution in [-0.4, -0.2) is 30.4 Å². The Balaban J connectivity index is 1.86. The van der Waals surface area contributed by atoms with Gasteiger partial charge in [0.15, 0.2) is 11.5 Å². The van der Waals surface area contributed by atoms with Gasteiger partial charge in [-0.2, -0.15) is 5.10 Å². The first-order chi connectivity index (χ1) is 14.5. The van der Waals surface area contributed by atoms with Crippen molar-refractivity contribution in [3.63, 3.8) is 0 Å². The number of aryl methyl sites for hydroxylation is 1. The number of hydrazone groups is 1. The SMILES string of the molecule is CCC(=NNC(=O)c1cc(C)n(-c2ccccc2)c1C)c1ccc(OC)c(OC)c1. The quantitative estimate of drug-likeness (QED) is 0.459. The molecule has 30 heavy (non-hydrogen) atoms. The summed E-state index contributed by atoms with van der Waals surface area (Å²) in [5.74, 6) is 1.03. The second-order valence-electron chi connectivity index (χ2n) is 6.88. The van der Waals surface area contributed by atoms with E-state index >= 15 is 0 Å². The van der Waals surface area contributed by atoms with Crippen LogP contribution in [0.3, 0.4) is 0 Å². The minimum absolute atomic E-state index is 0.239. The molecule has 3 aromatic rings. The summed E-state index contributed by atoms with van der Waals surface area (Å²) in [6.07, 6.45) is 0.652. The van der Waals surface area contributed by atoms with Crippen LogP contribution >= 0.6 is 0 Å². The van der Waals surface area contributed by atoms with Crippen LogP contribution in [0.25, 0.3) is 5.69 Å². The van der Waals surface area contributed by atoms with Crippen molar-refractivity contribution >= 4 is 11.6 Å². The van der Waals surface area contributed by atoms with Crippen LogP contribution in [0.2, 0.25) is 0 Å². The zero-order valence-corrected chi connectivity index (χ0v) is 18.0. The molecule has 0 aliphatic rings. The number of carbonyl (C=O) groups excluding carboxylic acids is 1. The fourth-order valence-corrected chi connectivity index (χ4v) is 3.51. The summed E-state index contributed by atoms with van der Waals surface area (Å²) in [6, 6.07) is 17.4. The predicted octanol–water partition coefficient (Wildman–Crippen LogP) is 4.66. The Kier molecular flexibility index (Phi) is 6.57. The van der Waals surface area contributed by atoms with E-state index in [4.69, 9.17) is 9.47 Å². The molecule has 0 radical (unpaired) electrons. The molecule has 0 saturated heterocycles. The average molecular weight is 405 g/mol. The Bertz CT molecular complexity index is 1070. The minimum atomic E-state index is -0.239. The zero-order valence-electron chi connectivity index (χ0n) is 18.0. The number of benzene rings is 2. The van der Waals surface area contributed by atoms with Gasteiger partial charge in [-0.3, -0.25) is 4.79 Å². The van der Waals surface area contributed by atoms with E-state index < -0.39 is 0 Å². The number of para-hydroxylation sites is 1. The Labute approximate surface area is 177 Å². The summed E-state index contributed by atoms with van der Waals surface area (Å²) in [6.45, 7) is 5.91. The van der Waals surface area contributed by atoms with Crippen LogP contribution in [0.1, 0.15) is 40.7 Å². The Morgan fingerprint density at radius 2 is 1.70 bits per heavy atom. The normalized spacial score (nSPS) is 11.3. The van der Waals surface area contributed by atoms with Crippen LogP contribution in [0.15, 0.2) is 59.7 Å². The van der Waals surface area contributed by atoms with Gasteiger partial charge in [-0.15, -0.1) is 0 Å². The average Bonchev–Trinajstić information content (AvgIpc) is 3.08. The van der Waals surface area contributed by atoms with Crippen molar-refractivity contribution in [1.82, 2.24) is 9.99 Å². The van der Waals surface area contributed by atoms with Crippen molar-refractivity contribution in [3.8, 4) is 17.2 Å². The lowest BCUT2D eigenvalue weighted by molar-refractivity contribution is 0.0954. The molecule has 0 saturated carbocycles. The van der Waals surface area contributed by atoms with Crippen LogP contribution in [0, 0.1) is 13.8 Å². The highest BCUT2D eigenvalue weighted by atomic mass is 16.5. The lowest BCUT2D eigenvalue weighted by Gasteiger charge is -2.11. The summed E-state index contributed by atoms with van der Waals surface area (Å²) in [5.41, 5.74) is 7.81. The number of carbonyl (C=O) groups is 1. The summed E-state index contributed by atoms with van der Waals surface area (Å²) < 4.78 is 12.7. The number of rotatable bonds is 7. The molecular formula is C24H27N3O3. The smallest absolute Gasteiger partial charge is 0.273 e. The monoisotopic (exact) mass is 405 g/mol. The van der Waals surface area contributed by atoms with Crippen LogP contribution in [0.5, 0.6) is 11.5 Å². The second kappa shape index (κ2) is 9.31. The summed E-state index contributed by atoms with van der Waals surface area (Å²) in [5, 5.41) is 4.38. The van der Waals surface area contributed by atoms with Crippen molar-refractivity contribution in [3.05, 3.63) is 77.1 Å². The molecule has 0 aliphatic carbocycles. The molecular weight excluding hydrogens is 378 g/mol. The van der Waals surface area contributed by atoms with Crippen molar-refractivity contribution < 1.29 is 14.3 Å². The standard InChI is InChI=1S/C24H27N3O3/c1-6-21(18-12-13-22(29-4)23(15-18)30-5)25-26-24(28)20-14-16(2)27(17(20)3)19-10-8-7-9-11-19/h7-15H,6H2,1-5H3,(H,26,28). The summed E-state index contributed by atoms with van der Waals surface area (Å²) in [7, 11) is 3.19. The van der Waals surface area contributed by atoms with Gasteiger partial charge >= 0.3 is 0 Å². The lowest BCUT2D eigenvalue weighted by atomic mass is 10.1. The molecule has 0 atom stereocenters. The van der Waals surface area contributed by atoms with Crippen molar-refractivity contribution in [1.29, 1.82) is 0 Å². The van der Waals surface area contributed by atoms with E-state index in [1.165, 1.54) is 0 Å². The maximum Gasteiger partial charge on any atom is 0.273 e. The maximum atomic E-state index is 12.9. The van der Waals surface area contributed by atoms with Crippen molar-refractivity contribution in [2.45, 2.75) is 27.2 Å². The largest absolute Gasteiger partial charge is 0.493 e. The zero-order chi connectivity index (χ0) is 21.7. The number of nitrogens with one attached hydrogen (secondary N) is 1. The Morgan fingerprint density at radius 1 is 1.00 bits per heavy atom. The molecule has 3 rings (SSSR count). The molecule has 1 amide bonds. The van der Waals surface area contributed by atoms with Gasteiger partial charge in [0, 0.05) is 22.6 Å². The van der Waals surface area contributed by atoms with E-state index in [1.807, 2.05) is 75.4 Å². The molecule has 0 spiro atoms. The molecule has 2 aromatic carbocycles. The number of hydrogen-bond acceptors (Lipinski definition) is 4. The summed E-state index contributed by atoms with van der Waals surface area (Å²) >= 11 is 0. The number of methoxy groups -OCH3 is 2. The minimum Gasteiger partial charge on any atom is -0.493 e. The third-order valence-corrected chi connectivity index (χ3v) is 5.03. The fourth-order valence-electron chi connectivity index (χ4n) is 3.51. The molecule has 156 valence electrons. The van der Waals surface area contributed by atoms with Crippen LogP contribution < -0.4 is 14.9 Å². The van der Waals surface area contributed by atoms with Crippen LogP contribution in [0.4, 0.5) is 0 Å². The van der Waals surface area contributed by atoms with Crippen LogP contribution in [-0.2, 0) is 0 Å². The van der Waals surface area contributed by atoms with Gasteiger partial charge in [0.1, 0.15) is 0 Å². The number of amides is 1. The predicted molar refractivity (Wildman–Crippen MR) is 119 cm³/mol. The van der Waals surface area contributed by atoms with E-state index in [0.29, 0.717) is 23.5 Å². The first-order valence-electron chi connectivity index (χ1n) is 9.83. The van der Waals surface area contributed by atoms with Gasteiger partial charge in [-0.25, -0.2) is 5.43 Å². The van der Waals surface area contributed by atoms with Gasteiger partial charge in [-0.1, -0.05) is 25.1 Å². The Morgan fingerprint density at radius 3 is 2.33 bits per heavy atom. The second-order valence-corrected chi connectivity index (χ2v) is 6.88. The molecule has 6 nitrogen and oxygen atoms in total. The summed E-state index contributed by atoms with van der Waals surface area (Å²) in [4.78, 5) is 12.9. The number of nitrogens with zero attached hydrogens (tertiary/aromatic N) is 2. The molecule has 0 fully saturated rings. The highest BCUT2D eigenvalue weighted by Gasteiger charge is 2.17. The molecule has 1 aromatic heterocycles. The van der Waals surface area contributed by atoms with Crippen molar-refractivity contribution in [2.24, 2.45) is 5.10 Å². The molecule has 1 N–H and O–H groups in total. The lowest BCUT2D eigenvalue weighted by Crippen LogP contribution is -2.20. The van der Waals surface area contributed by atoms with E-state index in [9.17, 15) is 4.79 Å². The number of aromatic nitrogens is 1. The van der Waals surface area contributed by atoms with Gasteiger partial charge in [0.25, 0.3) is 5.91 Å². The Hall–Kier alpha value is -3.54. The van der Waals surface area contributed by atoms with E-state index in [-0.39, 0.29) is 5.91 Å². The number of hydrogen-bond donors (Lipinski definition) is 1. The van der Waals surface area contributed by atoms with Gasteiger partial charge in [0.2, 0.25) is 0 Å². The molecule has 0 bridgehead atoms. The molecule has 1 heterocycles. The third-order valence-electron chi connectivity index (χ3n) is 5.03. The van der Waals surface area contributed by atoms with Gasteiger partial charge in [-0.05, 0) is 56.7 Å². The molecule has 0 unspecified atom stereocenters.